The van der Waals surface area contributed by atoms with E-state index < -0.39 is 0 Å². The average molecular weight is 272 g/mol. The van der Waals surface area contributed by atoms with Gasteiger partial charge in [-0.1, -0.05) is 31.2 Å². The molecule has 1 heterocycles. The highest BCUT2D eigenvalue weighted by Crippen LogP contribution is 2.37. The monoisotopic (exact) mass is 272 g/mol. The molecule has 1 amide bonds. The van der Waals surface area contributed by atoms with Gasteiger partial charge in [0.05, 0.1) is 0 Å². The van der Waals surface area contributed by atoms with Crippen molar-refractivity contribution in [1.29, 1.82) is 0 Å². The number of piperidine rings is 1. The molecular weight excluding hydrogens is 248 g/mol. The number of likely N-dealkylation sites (tertiary alicyclic amines) is 1. The Morgan fingerprint density at radius 3 is 2.65 bits per heavy atom. The minimum absolute atomic E-state index is 0.278. The summed E-state index contributed by atoms with van der Waals surface area (Å²) < 4.78 is 0. The van der Waals surface area contributed by atoms with E-state index in [-0.39, 0.29) is 5.91 Å². The van der Waals surface area contributed by atoms with Crippen LogP contribution in [0.5, 0.6) is 0 Å². The van der Waals surface area contributed by atoms with Crippen molar-refractivity contribution in [2.24, 2.45) is 0 Å². The lowest BCUT2D eigenvalue weighted by Gasteiger charge is -2.36. The van der Waals surface area contributed by atoms with Crippen LogP contribution < -0.4 is 5.32 Å². The lowest BCUT2D eigenvalue weighted by molar-refractivity contribution is -0.132. The Bertz CT molecular complexity index is 500. The molecular formula is C17H24N2O. The average Bonchev–Trinajstić information content (AvgIpc) is 2.46. The van der Waals surface area contributed by atoms with Crippen molar-refractivity contribution in [1.82, 2.24) is 10.2 Å². The number of amides is 1. The summed E-state index contributed by atoms with van der Waals surface area (Å²) >= 11 is 0. The first-order valence-corrected chi connectivity index (χ1v) is 7.74. The van der Waals surface area contributed by atoms with E-state index in [2.05, 4.69) is 36.5 Å². The highest BCUT2D eigenvalue weighted by molar-refractivity contribution is 5.76. The summed E-state index contributed by atoms with van der Waals surface area (Å²) in [6.45, 7) is 3.16. The lowest BCUT2D eigenvalue weighted by Crippen LogP contribution is -2.48. The number of fused-ring (bicyclic) bond motifs is 1. The van der Waals surface area contributed by atoms with Gasteiger partial charge in [0, 0.05) is 32.1 Å². The predicted molar refractivity (Wildman–Crippen MR) is 80.6 cm³/mol. The molecule has 1 aromatic rings. The highest BCUT2D eigenvalue weighted by atomic mass is 16.2. The molecule has 0 aromatic heterocycles. The van der Waals surface area contributed by atoms with Crippen LogP contribution in [0.2, 0.25) is 0 Å². The van der Waals surface area contributed by atoms with Gasteiger partial charge in [-0.2, -0.15) is 0 Å². The molecule has 1 N–H and O–H groups in total. The van der Waals surface area contributed by atoms with E-state index in [0.29, 0.717) is 24.4 Å². The van der Waals surface area contributed by atoms with Crippen LogP contribution in [-0.4, -0.2) is 30.4 Å². The Kier molecular flexibility index (Phi) is 3.79. The van der Waals surface area contributed by atoms with Crippen molar-refractivity contribution in [2.45, 2.75) is 50.6 Å². The Morgan fingerprint density at radius 2 is 1.90 bits per heavy atom. The van der Waals surface area contributed by atoms with E-state index in [0.717, 1.165) is 13.0 Å². The largest absolute Gasteiger partial charge is 0.344 e. The Labute approximate surface area is 121 Å². The summed E-state index contributed by atoms with van der Waals surface area (Å²) in [4.78, 5) is 13.4. The summed E-state index contributed by atoms with van der Waals surface area (Å²) in [5.74, 6) is 0.945. The van der Waals surface area contributed by atoms with Crippen LogP contribution in [-0.2, 0) is 4.79 Å². The molecule has 1 aliphatic carbocycles. The lowest BCUT2D eigenvalue weighted by atomic mass is 9.80. The normalized spacial score (nSPS) is 30.2. The van der Waals surface area contributed by atoms with Crippen LogP contribution >= 0.6 is 0 Å². The van der Waals surface area contributed by atoms with Crippen LogP contribution in [0.3, 0.4) is 0 Å². The highest BCUT2D eigenvalue weighted by Gasteiger charge is 2.29. The fraction of sp³-hybridized carbons (Fsp3) is 0.588. The van der Waals surface area contributed by atoms with E-state index >= 15 is 0 Å². The van der Waals surface area contributed by atoms with Crippen molar-refractivity contribution in [3.8, 4) is 0 Å². The SMILES string of the molecule is CC1CCC(NC2CCC(=O)N(C)C2)c2ccccc21. The molecule has 20 heavy (non-hydrogen) atoms. The number of hydrogen-bond acceptors (Lipinski definition) is 2. The summed E-state index contributed by atoms with van der Waals surface area (Å²) in [7, 11) is 1.91. The molecule has 108 valence electrons. The predicted octanol–water partition coefficient (Wildman–Crippen LogP) is 2.84. The molecule has 3 nitrogen and oxygen atoms in total. The number of rotatable bonds is 2. The minimum Gasteiger partial charge on any atom is -0.344 e. The molecule has 1 aliphatic heterocycles. The van der Waals surface area contributed by atoms with Gasteiger partial charge in [-0.15, -0.1) is 0 Å². The van der Waals surface area contributed by atoms with Crippen molar-refractivity contribution in [3.05, 3.63) is 35.4 Å². The van der Waals surface area contributed by atoms with E-state index in [9.17, 15) is 4.79 Å². The maximum atomic E-state index is 11.6. The van der Waals surface area contributed by atoms with Gasteiger partial charge < -0.3 is 10.2 Å². The summed E-state index contributed by atoms with van der Waals surface area (Å²) in [6, 6.07) is 9.70. The molecule has 1 aromatic carbocycles. The third-order valence-corrected chi connectivity index (χ3v) is 4.85. The third-order valence-electron chi connectivity index (χ3n) is 4.85. The first-order chi connectivity index (χ1) is 9.65. The van der Waals surface area contributed by atoms with Gasteiger partial charge in [-0.05, 0) is 36.3 Å². The molecule has 0 radical (unpaired) electrons. The van der Waals surface area contributed by atoms with E-state index in [1.54, 1.807) is 0 Å². The second-order valence-corrected chi connectivity index (χ2v) is 6.34. The number of nitrogens with zero attached hydrogens (tertiary/aromatic N) is 1. The van der Waals surface area contributed by atoms with Crippen molar-refractivity contribution in [2.75, 3.05) is 13.6 Å². The first kappa shape index (κ1) is 13.6. The smallest absolute Gasteiger partial charge is 0.222 e. The third kappa shape index (κ3) is 2.59. The molecule has 3 rings (SSSR count). The van der Waals surface area contributed by atoms with Gasteiger partial charge in [0.15, 0.2) is 0 Å². The van der Waals surface area contributed by atoms with Crippen LogP contribution in [0, 0.1) is 0 Å². The number of carbonyl (C=O) groups excluding carboxylic acids is 1. The number of nitrogens with one attached hydrogen (secondary N) is 1. The van der Waals surface area contributed by atoms with Gasteiger partial charge in [0.2, 0.25) is 5.91 Å². The molecule has 0 bridgehead atoms. The van der Waals surface area contributed by atoms with E-state index in [1.807, 2.05) is 11.9 Å². The topological polar surface area (TPSA) is 32.3 Å². The van der Waals surface area contributed by atoms with E-state index in [1.165, 1.54) is 24.0 Å². The van der Waals surface area contributed by atoms with Crippen molar-refractivity contribution in [3.63, 3.8) is 0 Å². The first-order valence-electron chi connectivity index (χ1n) is 7.74. The maximum Gasteiger partial charge on any atom is 0.222 e. The van der Waals surface area contributed by atoms with Gasteiger partial charge in [0.25, 0.3) is 0 Å². The second kappa shape index (κ2) is 5.57. The van der Waals surface area contributed by atoms with Crippen LogP contribution in [0.25, 0.3) is 0 Å². The van der Waals surface area contributed by atoms with Crippen LogP contribution in [0.1, 0.15) is 55.7 Å². The number of likely N-dealkylation sites (N-methyl/N-ethyl adjacent to an activating group) is 1. The molecule has 3 unspecified atom stereocenters. The van der Waals surface area contributed by atoms with Crippen molar-refractivity contribution >= 4 is 5.91 Å². The molecule has 3 heteroatoms. The Balaban J connectivity index is 1.73. The zero-order valence-electron chi connectivity index (χ0n) is 12.4. The Morgan fingerprint density at radius 1 is 1.15 bits per heavy atom. The fourth-order valence-corrected chi connectivity index (χ4v) is 3.61. The fourth-order valence-electron chi connectivity index (χ4n) is 3.61. The van der Waals surface area contributed by atoms with Gasteiger partial charge >= 0.3 is 0 Å². The quantitative estimate of drug-likeness (QED) is 0.898. The minimum atomic E-state index is 0.278. The summed E-state index contributed by atoms with van der Waals surface area (Å²) in [6.07, 6.45) is 4.10. The van der Waals surface area contributed by atoms with Gasteiger partial charge in [-0.3, -0.25) is 4.79 Å². The van der Waals surface area contributed by atoms with Gasteiger partial charge in [-0.25, -0.2) is 0 Å². The summed E-state index contributed by atoms with van der Waals surface area (Å²) in [5, 5.41) is 3.79. The van der Waals surface area contributed by atoms with Crippen molar-refractivity contribution < 1.29 is 4.79 Å². The summed E-state index contributed by atoms with van der Waals surface area (Å²) in [5.41, 5.74) is 2.96. The number of carbonyl (C=O) groups is 1. The molecule has 0 spiro atoms. The standard InChI is InChI=1S/C17H24N2O/c1-12-7-9-16(15-6-4-3-5-14(12)15)18-13-8-10-17(20)19(2)11-13/h3-6,12-13,16,18H,7-11H2,1-2H3. The van der Waals surface area contributed by atoms with Gasteiger partial charge in [0.1, 0.15) is 0 Å². The maximum absolute atomic E-state index is 11.6. The van der Waals surface area contributed by atoms with Crippen LogP contribution in [0.4, 0.5) is 0 Å². The molecule has 2 aliphatic rings. The number of benzene rings is 1. The Hall–Kier alpha value is -1.35. The van der Waals surface area contributed by atoms with Crippen LogP contribution in [0.15, 0.2) is 24.3 Å². The number of hydrogen-bond donors (Lipinski definition) is 1. The van der Waals surface area contributed by atoms with E-state index in [4.69, 9.17) is 0 Å². The molecule has 1 fully saturated rings. The zero-order valence-corrected chi connectivity index (χ0v) is 12.4. The molecule has 3 atom stereocenters. The second-order valence-electron chi connectivity index (χ2n) is 6.34. The zero-order chi connectivity index (χ0) is 14.1. The molecule has 0 saturated carbocycles. The molecule has 1 saturated heterocycles.